The summed E-state index contributed by atoms with van der Waals surface area (Å²) in [7, 11) is 0. The first kappa shape index (κ1) is 12.0. The SMILES string of the molecule is CCC(C)CC1(CC)CCNC1CC. The second-order valence-electron chi connectivity index (χ2n) is 5.10. The third kappa shape index (κ3) is 2.31. The lowest BCUT2D eigenvalue weighted by atomic mass is 9.71. The van der Waals surface area contributed by atoms with E-state index in [0.717, 1.165) is 12.0 Å². The summed E-state index contributed by atoms with van der Waals surface area (Å²) >= 11 is 0. The molecule has 0 radical (unpaired) electrons. The van der Waals surface area contributed by atoms with Crippen LogP contribution in [0.15, 0.2) is 0 Å². The summed E-state index contributed by atoms with van der Waals surface area (Å²) in [6, 6.07) is 0.779. The molecule has 0 aliphatic carbocycles. The van der Waals surface area contributed by atoms with E-state index in [1.807, 2.05) is 0 Å². The average molecular weight is 197 g/mol. The van der Waals surface area contributed by atoms with Crippen molar-refractivity contribution in [2.75, 3.05) is 6.54 Å². The van der Waals surface area contributed by atoms with Gasteiger partial charge in [-0.2, -0.15) is 0 Å². The summed E-state index contributed by atoms with van der Waals surface area (Å²) in [5.41, 5.74) is 0.615. The Bertz CT molecular complexity index is 167. The van der Waals surface area contributed by atoms with E-state index >= 15 is 0 Å². The van der Waals surface area contributed by atoms with Crippen molar-refractivity contribution >= 4 is 0 Å². The smallest absolute Gasteiger partial charge is 0.0121 e. The molecule has 1 N–H and O–H groups in total. The van der Waals surface area contributed by atoms with Gasteiger partial charge in [0.15, 0.2) is 0 Å². The third-order valence-electron chi connectivity index (χ3n) is 4.32. The van der Waals surface area contributed by atoms with E-state index in [1.165, 1.54) is 38.6 Å². The second-order valence-corrected chi connectivity index (χ2v) is 5.10. The van der Waals surface area contributed by atoms with Crippen LogP contribution in [0, 0.1) is 11.3 Å². The van der Waals surface area contributed by atoms with Gasteiger partial charge < -0.3 is 5.32 Å². The summed E-state index contributed by atoms with van der Waals surface area (Å²) < 4.78 is 0. The summed E-state index contributed by atoms with van der Waals surface area (Å²) in [4.78, 5) is 0. The maximum atomic E-state index is 3.68. The topological polar surface area (TPSA) is 12.0 Å². The van der Waals surface area contributed by atoms with Crippen LogP contribution < -0.4 is 5.32 Å². The van der Waals surface area contributed by atoms with Crippen molar-refractivity contribution in [3.05, 3.63) is 0 Å². The standard InChI is InChI=1S/C13H27N/c1-5-11(4)10-13(7-3)8-9-14-12(13)6-2/h11-12,14H,5-10H2,1-4H3. The molecule has 1 saturated heterocycles. The molecule has 3 unspecified atom stereocenters. The minimum atomic E-state index is 0.615. The van der Waals surface area contributed by atoms with Crippen LogP contribution in [0.2, 0.25) is 0 Å². The molecule has 1 nitrogen and oxygen atoms in total. The monoisotopic (exact) mass is 197 g/mol. The average Bonchev–Trinajstić information content (AvgIpc) is 2.61. The van der Waals surface area contributed by atoms with Crippen molar-refractivity contribution in [1.82, 2.24) is 5.32 Å². The maximum Gasteiger partial charge on any atom is 0.0121 e. The van der Waals surface area contributed by atoms with Crippen LogP contribution in [0.4, 0.5) is 0 Å². The molecule has 0 aromatic rings. The highest BCUT2D eigenvalue weighted by atomic mass is 15.0. The van der Waals surface area contributed by atoms with Gasteiger partial charge in [-0.25, -0.2) is 0 Å². The van der Waals surface area contributed by atoms with Gasteiger partial charge in [-0.1, -0.05) is 34.1 Å². The zero-order valence-electron chi connectivity index (χ0n) is 10.4. The molecule has 1 aliphatic rings. The highest BCUT2D eigenvalue weighted by Gasteiger charge is 2.40. The molecule has 0 aromatic heterocycles. The van der Waals surface area contributed by atoms with E-state index in [2.05, 4.69) is 33.0 Å². The Kier molecular flexibility index (Phi) is 4.43. The van der Waals surface area contributed by atoms with Gasteiger partial charge in [0.25, 0.3) is 0 Å². The Balaban J connectivity index is 2.64. The molecule has 0 spiro atoms. The number of hydrogen-bond acceptors (Lipinski definition) is 1. The molecule has 3 atom stereocenters. The summed E-state index contributed by atoms with van der Waals surface area (Å²) in [6.07, 6.45) is 6.79. The first-order chi connectivity index (χ1) is 6.68. The predicted octanol–water partition coefficient (Wildman–Crippen LogP) is 3.59. The molecule has 0 saturated carbocycles. The van der Waals surface area contributed by atoms with Gasteiger partial charge in [0.1, 0.15) is 0 Å². The van der Waals surface area contributed by atoms with Gasteiger partial charge in [-0.15, -0.1) is 0 Å². The molecule has 0 aromatic carbocycles. The Hall–Kier alpha value is -0.0400. The van der Waals surface area contributed by atoms with E-state index in [4.69, 9.17) is 0 Å². The lowest BCUT2D eigenvalue weighted by Crippen LogP contribution is -2.37. The number of hydrogen-bond donors (Lipinski definition) is 1. The Morgan fingerprint density at radius 1 is 1.36 bits per heavy atom. The van der Waals surface area contributed by atoms with E-state index in [-0.39, 0.29) is 0 Å². The number of nitrogens with one attached hydrogen (secondary N) is 1. The summed E-state index contributed by atoms with van der Waals surface area (Å²) in [6.45, 7) is 10.7. The van der Waals surface area contributed by atoms with Crippen LogP contribution >= 0.6 is 0 Å². The highest BCUT2D eigenvalue weighted by Crippen LogP contribution is 2.42. The lowest BCUT2D eigenvalue weighted by molar-refractivity contribution is 0.176. The fraction of sp³-hybridized carbons (Fsp3) is 1.00. The van der Waals surface area contributed by atoms with E-state index < -0.39 is 0 Å². The van der Waals surface area contributed by atoms with E-state index in [1.54, 1.807) is 0 Å². The normalized spacial score (nSPS) is 34.7. The fourth-order valence-electron chi connectivity index (χ4n) is 3.11. The maximum absolute atomic E-state index is 3.68. The lowest BCUT2D eigenvalue weighted by Gasteiger charge is -2.36. The first-order valence-corrected chi connectivity index (χ1v) is 6.41. The molecule has 1 heteroatoms. The summed E-state index contributed by atoms with van der Waals surface area (Å²) in [5.74, 6) is 0.892. The van der Waals surface area contributed by atoms with Crippen LogP contribution in [-0.4, -0.2) is 12.6 Å². The van der Waals surface area contributed by atoms with Gasteiger partial charge in [0.2, 0.25) is 0 Å². The van der Waals surface area contributed by atoms with E-state index in [9.17, 15) is 0 Å². The molecule has 1 heterocycles. The largest absolute Gasteiger partial charge is 0.313 e. The fourth-order valence-corrected chi connectivity index (χ4v) is 3.11. The molecular formula is C13H27N. The zero-order chi connectivity index (χ0) is 10.6. The van der Waals surface area contributed by atoms with Crippen molar-refractivity contribution in [2.24, 2.45) is 11.3 Å². The molecule has 84 valence electrons. The quantitative estimate of drug-likeness (QED) is 0.710. The number of rotatable bonds is 5. The Morgan fingerprint density at radius 2 is 2.07 bits per heavy atom. The molecular weight excluding hydrogens is 170 g/mol. The van der Waals surface area contributed by atoms with Crippen LogP contribution in [0.1, 0.15) is 59.8 Å². The van der Waals surface area contributed by atoms with Crippen molar-refractivity contribution in [3.63, 3.8) is 0 Å². The Morgan fingerprint density at radius 3 is 2.57 bits per heavy atom. The molecule has 0 amide bonds. The van der Waals surface area contributed by atoms with Crippen molar-refractivity contribution in [3.8, 4) is 0 Å². The van der Waals surface area contributed by atoms with Crippen LogP contribution in [0.5, 0.6) is 0 Å². The van der Waals surface area contributed by atoms with E-state index in [0.29, 0.717) is 5.41 Å². The minimum Gasteiger partial charge on any atom is -0.313 e. The van der Waals surface area contributed by atoms with Gasteiger partial charge >= 0.3 is 0 Å². The minimum absolute atomic E-state index is 0.615. The van der Waals surface area contributed by atoms with Crippen LogP contribution in [-0.2, 0) is 0 Å². The van der Waals surface area contributed by atoms with Gasteiger partial charge in [-0.3, -0.25) is 0 Å². The highest BCUT2D eigenvalue weighted by molar-refractivity contribution is 4.96. The molecule has 1 fully saturated rings. The molecule has 1 rings (SSSR count). The van der Waals surface area contributed by atoms with Crippen molar-refractivity contribution in [2.45, 2.75) is 65.8 Å². The molecule has 14 heavy (non-hydrogen) atoms. The summed E-state index contributed by atoms with van der Waals surface area (Å²) in [5, 5.41) is 3.68. The van der Waals surface area contributed by atoms with Crippen molar-refractivity contribution in [1.29, 1.82) is 0 Å². The zero-order valence-corrected chi connectivity index (χ0v) is 10.4. The third-order valence-corrected chi connectivity index (χ3v) is 4.32. The predicted molar refractivity (Wildman–Crippen MR) is 63.5 cm³/mol. The van der Waals surface area contributed by atoms with Gasteiger partial charge in [-0.05, 0) is 43.6 Å². The van der Waals surface area contributed by atoms with Crippen LogP contribution in [0.3, 0.4) is 0 Å². The molecule has 0 bridgehead atoms. The van der Waals surface area contributed by atoms with Gasteiger partial charge in [0.05, 0.1) is 0 Å². The first-order valence-electron chi connectivity index (χ1n) is 6.41. The van der Waals surface area contributed by atoms with Crippen LogP contribution in [0.25, 0.3) is 0 Å². The van der Waals surface area contributed by atoms with Gasteiger partial charge in [0, 0.05) is 6.04 Å². The Labute approximate surface area is 89.7 Å². The van der Waals surface area contributed by atoms with Crippen molar-refractivity contribution < 1.29 is 0 Å². The molecule has 1 aliphatic heterocycles. The second kappa shape index (κ2) is 5.16.